The number of carbonyl (C=O) groups is 1. The number of amides is 1. The minimum atomic E-state index is -0.399. The average molecular weight is 351 g/mol. The van der Waals surface area contributed by atoms with Gasteiger partial charge in [-0.05, 0) is 26.0 Å². The Morgan fingerprint density at radius 3 is 2.67 bits per heavy atom. The van der Waals surface area contributed by atoms with Gasteiger partial charge >= 0.3 is 0 Å². The van der Waals surface area contributed by atoms with Crippen LogP contribution in [0.25, 0.3) is 5.69 Å². The molecule has 1 aliphatic heterocycles. The molecule has 1 fully saturated rings. The third-order valence-electron chi connectivity index (χ3n) is 4.35. The van der Waals surface area contributed by atoms with E-state index in [-0.39, 0.29) is 24.2 Å². The van der Waals surface area contributed by atoms with E-state index in [1.54, 1.807) is 4.68 Å². The Kier molecular flexibility index (Phi) is 5.99. The molecule has 1 aromatic carbocycles. The first-order valence-corrected chi connectivity index (χ1v) is 7.86. The number of hydrogen-bond donors (Lipinski definition) is 3. The Hall–Kier alpha value is -1.89. The average Bonchev–Trinajstić information content (AvgIpc) is 3.09. The van der Waals surface area contributed by atoms with Crippen molar-refractivity contribution < 1.29 is 9.90 Å². The number of aliphatic hydroxyl groups excluding tert-OH is 1. The van der Waals surface area contributed by atoms with E-state index in [1.807, 2.05) is 44.2 Å². The number of aliphatic hydroxyl groups is 1. The number of para-hydroxylation sites is 1. The van der Waals surface area contributed by atoms with E-state index in [4.69, 9.17) is 0 Å². The SMILES string of the molecule is Cc1nn(-c2ccccc2)c(C)c1C(=O)NCC1CNCC1O.Cl. The third-order valence-corrected chi connectivity index (χ3v) is 4.35. The molecule has 6 nitrogen and oxygen atoms in total. The molecule has 130 valence electrons. The highest BCUT2D eigenvalue weighted by molar-refractivity contribution is 5.96. The summed E-state index contributed by atoms with van der Waals surface area (Å²) in [5.41, 5.74) is 3.06. The third kappa shape index (κ3) is 3.61. The molecule has 0 radical (unpaired) electrons. The lowest BCUT2D eigenvalue weighted by atomic mass is 10.1. The van der Waals surface area contributed by atoms with Crippen molar-refractivity contribution in [2.24, 2.45) is 5.92 Å². The van der Waals surface area contributed by atoms with Gasteiger partial charge in [0.1, 0.15) is 0 Å². The van der Waals surface area contributed by atoms with E-state index >= 15 is 0 Å². The van der Waals surface area contributed by atoms with Crippen LogP contribution in [0.1, 0.15) is 21.7 Å². The monoisotopic (exact) mass is 350 g/mol. The highest BCUT2D eigenvalue weighted by atomic mass is 35.5. The topological polar surface area (TPSA) is 79.2 Å². The van der Waals surface area contributed by atoms with Gasteiger partial charge in [-0.3, -0.25) is 4.79 Å². The van der Waals surface area contributed by atoms with Gasteiger partial charge in [-0.2, -0.15) is 5.10 Å². The molecule has 7 heteroatoms. The fourth-order valence-electron chi connectivity index (χ4n) is 3.03. The number of carbonyl (C=O) groups excluding carboxylic acids is 1. The van der Waals surface area contributed by atoms with Crippen molar-refractivity contribution in [3.05, 3.63) is 47.3 Å². The van der Waals surface area contributed by atoms with Crippen molar-refractivity contribution in [2.45, 2.75) is 20.0 Å². The molecule has 1 aliphatic rings. The normalized spacial score (nSPS) is 19.8. The Morgan fingerprint density at radius 1 is 1.33 bits per heavy atom. The first-order valence-electron chi connectivity index (χ1n) is 7.86. The molecule has 0 saturated carbocycles. The number of nitrogens with zero attached hydrogens (tertiary/aromatic N) is 2. The first-order chi connectivity index (χ1) is 11.1. The summed E-state index contributed by atoms with van der Waals surface area (Å²) in [5, 5.41) is 20.3. The smallest absolute Gasteiger partial charge is 0.255 e. The Bertz CT molecular complexity index is 702. The predicted molar refractivity (Wildman–Crippen MR) is 95.0 cm³/mol. The molecular weight excluding hydrogens is 328 g/mol. The van der Waals surface area contributed by atoms with Crippen LogP contribution >= 0.6 is 12.4 Å². The maximum Gasteiger partial charge on any atom is 0.255 e. The molecule has 2 aromatic rings. The van der Waals surface area contributed by atoms with Crippen LogP contribution in [0.15, 0.2) is 30.3 Å². The van der Waals surface area contributed by atoms with Gasteiger partial charge in [0.25, 0.3) is 5.91 Å². The second-order valence-corrected chi connectivity index (χ2v) is 5.99. The van der Waals surface area contributed by atoms with Crippen LogP contribution in [0, 0.1) is 19.8 Å². The van der Waals surface area contributed by atoms with Gasteiger partial charge in [0.2, 0.25) is 0 Å². The van der Waals surface area contributed by atoms with Crippen LogP contribution in [0.4, 0.5) is 0 Å². The number of aromatic nitrogens is 2. The van der Waals surface area contributed by atoms with Gasteiger partial charge in [-0.15, -0.1) is 12.4 Å². The molecule has 0 aliphatic carbocycles. The summed E-state index contributed by atoms with van der Waals surface area (Å²) in [6, 6.07) is 9.76. The molecule has 1 saturated heterocycles. The van der Waals surface area contributed by atoms with Crippen molar-refractivity contribution in [3.63, 3.8) is 0 Å². The zero-order valence-corrected chi connectivity index (χ0v) is 14.6. The second-order valence-electron chi connectivity index (χ2n) is 5.99. The lowest BCUT2D eigenvalue weighted by molar-refractivity contribution is 0.0926. The summed E-state index contributed by atoms with van der Waals surface area (Å²) in [7, 11) is 0. The Balaban J connectivity index is 0.00000208. The van der Waals surface area contributed by atoms with Gasteiger partial charge in [0, 0.05) is 25.6 Å². The minimum absolute atomic E-state index is 0. The largest absolute Gasteiger partial charge is 0.391 e. The van der Waals surface area contributed by atoms with Crippen LogP contribution < -0.4 is 10.6 Å². The van der Waals surface area contributed by atoms with Gasteiger partial charge in [-0.25, -0.2) is 4.68 Å². The van der Waals surface area contributed by atoms with Crippen LogP contribution in [0.2, 0.25) is 0 Å². The molecular formula is C17H23ClN4O2. The van der Waals surface area contributed by atoms with Crippen molar-refractivity contribution in [3.8, 4) is 5.69 Å². The zero-order chi connectivity index (χ0) is 16.4. The molecule has 2 unspecified atom stereocenters. The molecule has 1 amide bonds. The number of halogens is 1. The van der Waals surface area contributed by atoms with Crippen LogP contribution in [0.5, 0.6) is 0 Å². The van der Waals surface area contributed by atoms with Crippen molar-refractivity contribution in [1.82, 2.24) is 20.4 Å². The molecule has 3 N–H and O–H groups in total. The number of nitrogens with one attached hydrogen (secondary N) is 2. The van der Waals surface area contributed by atoms with Crippen molar-refractivity contribution in [1.29, 1.82) is 0 Å². The molecule has 1 aromatic heterocycles. The van der Waals surface area contributed by atoms with E-state index in [0.29, 0.717) is 24.3 Å². The number of hydrogen-bond acceptors (Lipinski definition) is 4. The molecule has 0 bridgehead atoms. The van der Waals surface area contributed by atoms with Gasteiger partial charge in [0.15, 0.2) is 0 Å². The van der Waals surface area contributed by atoms with Gasteiger partial charge in [0.05, 0.1) is 28.7 Å². The molecule has 0 spiro atoms. The summed E-state index contributed by atoms with van der Waals surface area (Å²) in [6.07, 6.45) is -0.399. The molecule has 3 rings (SSSR count). The van der Waals surface area contributed by atoms with Crippen LogP contribution in [0.3, 0.4) is 0 Å². The Morgan fingerprint density at radius 2 is 2.04 bits per heavy atom. The van der Waals surface area contributed by atoms with Crippen LogP contribution in [-0.2, 0) is 0 Å². The van der Waals surface area contributed by atoms with E-state index < -0.39 is 6.10 Å². The fourth-order valence-corrected chi connectivity index (χ4v) is 3.03. The van der Waals surface area contributed by atoms with E-state index in [1.165, 1.54) is 0 Å². The summed E-state index contributed by atoms with van der Waals surface area (Å²) in [5.74, 6) is -0.0787. The fraction of sp³-hybridized carbons (Fsp3) is 0.412. The summed E-state index contributed by atoms with van der Waals surface area (Å²) in [6.45, 7) is 5.51. The highest BCUT2D eigenvalue weighted by Gasteiger charge is 2.26. The quantitative estimate of drug-likeness (QED) is 0.774. The molecule has 24 heavy (non-hydrogen) atoms. The predicted octanol–water partition coefficient (Wildman–Crippen LogP) is 1.22. The number of benzene rings is 1. The number of rotatable bonds is 4. The molecule has 2 atom stereocenters. The maximum atomic E-state index is 12.5. The van der Waals surface area contributed by atoms with Gasteiger partial charge < -0.3 is 15.7 Å². The van der Waals surface area contributed by atoms with Crippen molar-refractivity contribution in [2.75, 3.05) is 19.6 Å². The summed E-state index contributed by atoms with van der Waals surface area (Å²) in [4.78, 5) is 12.5. The van der Waals surface area contributed by atoms with Gasteiger partial charge in [-0.1, -0.05) is 18.2 Å². The van der Waals surface area contributed by atoms with Crippen molar-refractivity contribution >= 4 is 18.3 Å². The van der Waals surface area contributed by atoms with E-state index in [2.05, 4.69) is 15.7 Å². The number of β-amino-alcohol motifs (C(OH)–C–C–N with tert-alkyl or cyclic N) is 1. The minimum Gasteiger partial charge on any atom is -0.391 e. The molecule has 2 heterocycles. The highest BCUT2D eigenvalue weighted by Crippen LogP contribution is 2.18. The maximum absolute atomic E-state index is 12.5. The standard InChI is InChI=1S/C17H22N4O2.ClH/c1-11-16(17(23)19-9-13-8-18-10-15(13)22)12(2)21(20-11)14-6-4-3-5-7-14;/h3-7,13,15,18,22H,8-10H2,1-2H3,(H,19,23);1H. The van der Waals surface area contributed by atoms with E-state index in [9.17, 15) is 9.90 Å². The summed E-state index contributed by atoms with van der Waals surface area (Å²) >= 11 is 0. The zero-order valence-electron chi connectivity index (χ0n) is 13.8. The lowest BCUT2D eigenvalue weighted by Crippen LogP contribution is -2.34. The van der Waals surface area contributed by atoms with Crippen LogP contribution in [-0.4, -0.2) is 46.5 Å². The first kappa shape index (κ1) is 18.4. The lowest BCUT2D eigenvalue weighted by Gasteiger charge is -2.14. The second kappa shape index (κ2) is 7.79. The summed E-state index contributed by atoms with van der Waals surface area (Å²) < 4.78 is 1.79. The van der Waals surface area contributed by atoms with E-state index in [0.717, 1.165) is 17.9 Å². The Labute approximate surface area is 147 Å². The number of aryl methyl sites for hydroxylation is 1.